The highest BCUT2D eigenvalue weighted by Crippen LogP contribution is 2.42. The SMILES string of the molecule is CN[C@H]1CCN(CC(c2ccc(OCc3ccccc3)c(Cl)c2)C2(O)CCCCC2)C1. The van der Waals surface area contributed by atoms with Crippen LogP contribution in [-0.2, 0) is 6.61 Å². The Morgan fingerprint density at radius 2 is 1.94 bits per heavy atom. The van der Waals surface area contributed by atoms with E-state index in [0.29, 0.717) is 23.4 Å². The van der Waals surface area contributed by atoms with Gasteiger partial charge in [-0.15, -0.1) is 0 Å². The minimum Gasteiger partial charge on any atom is -0.487 e. The number of ether oxygens (including phenoxy) is 1. The molecule has 0 radical (unpaired) electrons. The van der Waals surface area contributed by atoms with Gasteiger partial charge in [-0.25, -0.2) is 0 Å². The summed E-state index contributed by atoms with van der Waals surface area (Å²) in [7, 11) is 2.04. The molecule has 2 N–H and O–H groups in total. The van der Waals surface area contributed by atoms with Crippen LogP contribution in [0.2, 0.25) is 5.02 Å². The maximum Gasteiger partial charge on any atom is 0.138 e. The van der Waals surface area contributed by atoms with Crippen LogP contribution >= 0.6 is 11.6 Å². The molecular weight excluding hydrogens is 408 g/mol. The lowest BCUT2D eigenvalue weighted by Gasteiger charge is -2.41. The van der Waals surface area contributed by atoms with Crippen molar-refractivity contribution in [1.82, 2.24) is 10.2 Å². The molecule has 1 aliphatic carbocycles. The maximum absolute atomic E-state index is 11.7. The van der Waals surface area contributed by atoms with E-state index >= 15 is 0 Å². The van der Waals surface area contributed by atoms with E-state index in [1.165, 1.54) is 6.42 Å². The Labute approximate surface area is 191 Å². The van der Waals surface area contributed by atoms with Crippen molar-refractivity contribution >= 4 is 11.6 Å². The number of likely N-dealkylation sites (tertiary alicyclic amines) is 1. The van der Waals surface area contributed by atoms with E-state index in [0.717, 1.165) is 62.9 Å². The molecule has 1 aliphatic heterocycles. The van der Waals surface area contributed by atoms with Crippen molar-refractivity contribution in [2.75, 3.05) is 26.7 Å². The van der Waals surface area contributed by atoms with E-state index in [1.54, 1.807) is 0 Å². The van der Waals surface area contributed by atoms with Crippen LogP contribution in [0.4, 0.5) is 0 Å². The second-order valence-corrected chi connectivity index (χ2v) is 9.62. The van der Waals surface area contributed by atoms with Crippen LogP contribution in [0.5, 0.6) is 5.75 Å². The van der Waals surface area contributed by atoms with Gasteiger partial charge in [-0.3, -0.25) is 0 Å². The molecule has 4 nitrogen and oxygen atoms in total. The number of hydrogen-bond acceptors (Lipinski definition) is 4. The highest BCUT2D eigenvalue weighted by Gasteiger charge is 2.40. The quantitative estimate of drug-likeness (QED) is 0.604. The molecule has 1 unspecified atom stereocenters. The zero-order chi connectivity index (χ0) is 21.7. The minimum atomic E-state index is -0.661. The second-order valence-electron chi connectivity index (χ2n) is 9.21. The summed E-state index contributed by atoms with van der Waals surface area (Å²) in [5.74, 6) is 0.754. The molecule has 2 aromatic carbocycles. The maximum atomic E-state index is 11.7. The molecule has 0 spiro atoms. The number of aliphatic hydroxyl groups is 1. The summed E-state index contributed by atoms with van der Waals surface area (Å²) in [6.45, 7) is 3.47. The molecule has 2 aromatic rings. The fourth-order valence-corrected chi connectivity index (χ4v) is 5.42. The van der Waals surface area contributed by atoms with E-state index in [4.69, 9.17) is 16.3 Å². The van der Waals surface area contributed by atoms with E-state index in [2.05, 4.69) is 16.3 Å². The first-order valence-corrected chi connectivity index (χ1v) is 12.0. The number of nitrogens with one attached hydrogen (secondary N) is 1. The molecule has 2 fully saturated rings. The second kappa shape index (κ2) is 10.4. The normalized spacial score (nSPS) is 22.4. The lowest BCUT2D eigenvalue weighted by molar-refractivity contribution is -0.0295. The van der Waals surface area contributed by atoms with Crippen LogP contribution in [0.15, 0.2) is 48.5 Å². The first-order valence-electron chi connectivity index (χ1n) is 11.7. The zero-order valence-electron chi connectivity index (χ0n) is 18.5. The number of rotatable bonds is 8. The molecule has 1 heterocycles. The van der Waals surface area contributed by atoms with Crippen LogP contribution < -0.4 is 10.1 Å². The number of likely N-dealkylation sites (N-methyl/N-ethyl adjacent to an activating group) is 1. The first kappa shape index (κ1) is 22.6. The Kier molecular flexibility index (Phi) is 7.55. The Balaban J connectivity index is 1.52. The Hall–Kier alpha value is -1.59. The summed E-state index contributed by atoms with van der Waals surface area (Å²) in [5.41, 5.74) is 1.57. The van der Waals surface area contributed by atoms with Crippen LogP contribution in [0.1, 0.15) is 55.6 Å². The molecular formula is C26H35ClN2O2. The summed E-state index contributed by atoms with van der Waals surface area (Å²) in [6, 6.07) is 16.8. The van der Waals surface area contributed by atoms with E-state index < -0.39 is 5.60 Å². The van der Waals surface area contributed by atoms with Gasteiger partial charge in [0.25, 0.3) is 0 Å². The van der Waals surface area contributed by atoms with Crippen LogP contribution in [-0.4, -0.2) is 48.3 Å². The zero-order valence-corrected chi connectivity index (χ0v) is 19.3. The predicted molar refractivity (Wildman–Crippen MR) is 127 cm³/mol. The van der Waals surface area contributed by atoms with Gasteiger partial charge >= 0.3 is 0 Å². The molecule has 1 saturated heterocycles. The van der Waals surface area contributed by atoms with Crippen molar-refractivity contribution in [2.45, 2.75) is 62.7 Å². The van der Waals surface area contributed by atoms with Crippen molar-refractivity contribution in [2.24, 2.45) is 0 Å². The lowest BCUT2D eigenvalue weighted by atomic mass is 9.72. The Morgan fingerprint density at radius 3 is 2.61 bits per heavy atom. The van der Waals surface area contributed by atoms with Gasteiger partial charge in [-0.1, -0.05) is 67.3 Å². The summed E-state index contributed by atoms with van der Waals surface area (Å²) < 4.78 is 5.98. The molecule has 168 valence electrons. The predicted octanol–water partition coefficient (Wildman–Crippen LogP) is 4.99. The fraction of sp³-hybridized carbons (Fsp3) is 0.538. The summed E-state index contributed by atoms with van der Waals surface area (Å²) in [4.78, 5) is 2.49. The molecule has 5 heteroatoms. The third-order valence-electron chi connectivity index (χ3n) is 7.08. The molecule has 4 rings (SSSR count). The van der Waals surface area contributed by atoms with Gasteiger partial charge < -0.3 is 20.1 Å². The van der Waals surface area contributed by atoms with Crippen molar-refractivity contribution in [1.29, 1.82) is 0 Å². The minimum absolute atomic E-state index is 0.0593. The molecule has 0 aromatic heterocycles. The van der Waals surface area contributed by atoms with Crippen LogP contribution in [0, 0.1) is 0 Å². The van der Waals surface area contributed by atoms with Crippen molar-refractivity contribution < 1.29 is 9.84 Å². The van der Waals surface area contributed by atoms with Gasteiger partial charge in [0, 0.05) is 25.0 Å². The van der Waals surface area contributed by atoms with Gasteiger partial charge in [-0.2, -0.15) is 0 Å². The Morgan fingerprint density at radius 1 is 1.16 bits per heavy atom. The van der Waals surface area contributed by atoms with Gasteiger partial charge in [0.05, 0.1) is 10.6 Å². The number of benzene rings is 2. The van der Waals surface area contributed by atoms with Crippen molar-refractivity contribution in [3.8, 4) is 5.75 Å². The van der Waals surface area contributed by atoms with Crippen molar-refractivity contribution in [3.63, 3.8) is 0 Å². The highest BCUT2D eigenvalue weighted by atomic mass is 35.5. The molecule has 2 atom stereocenters. The first-order chi connectivity index (χ1) is 15.1. The molecule has 2 aliphatic rings. The summed E-state index contributed by atoms with van der Waals surface area (Å²) in [6.07, 6.45) is 6.30. The third-order valence-corrected chi connectivity index (χ3v) is 7.38. The van der Waals surface area contributed by atoms with Gasteiger partial charge in [0.15, 0.2) is 0 Å². The van der Waals surface area contributed by atoms with E-state index in [1.807, 2.05) is 49.5 Å². The summed E-state index contributed by atoms with van der Waals surface area (Å²) in [5, 5.41) is 15.7. The highest BCUT2D eigenvalue weighted by molar-refractivity contribution is 6.32. The topological polar surface area (TPSA) is 44.7 Å². The van der Waals surface area contributed by atoms with Gasteiger partial charge in [0.1, 0.15) is 12.4 Å². The number of halogens is 1. The van der Waals surface area contributed by atoms with Crippen LogP contribution in [0.3, 0.4) is 0 Å². The van der Waals surface area contributed by atoms with Gasteiger partial charge in [-0.05, 0) is 56.1 Å². The molecule has 0 amide bonds. The Bertz CT molecular complexity index is 839. The molecule has 31 heavy (non-hydrogen) atoms. The number of nitrogens with zero attached hydrogens (tertiary/aromatic N) is 1. The van der Waals surface area contributed by atoms with E-state index in [9.17, 15) is 5.11 Å². The van der Waals surface area contributed by atoms with Gasteiger partial charge in [0.2, 0.25) is 0 Å². The molecule has 1 saturated carbocycles. The summed E-state index contributed by atoms with van der Waals surface area (Å²) >= 11 is 6.66. The average Bonchev–Trinajstić information content (AvgIpc) is 3.26. The lowest BCUT2D eigenvalue weighted by Crippen LogP contribution is -2.44. The third kappa shape index (κ3) is 5.61. The van der Waals surface area contributed by atoms with E-state index in [-0.39, 0.29) is 5.92 Å². The molecule has 0 bridgehead atoms. The standard InChI is InChI=1S/C26H35ClN2O2/c1-28-22-12-15-29(17-22)18-23(26(30)13-6-3-7-14-26)21-10-11-25(24(27)16-21)31-19-20-8-4-2-5-9-20/h2,4-5,8-11,16,22-23,28,30H,3,6-7,12-15,17-19H2,1H3/t22-,23?/m0/s1. The van der Waals surface area contributed by atoms with Crippen LogP contribution in [0.25, 0.3) is 0 Å². The van der Waals surface area contributed by atoms with Crippen molar-refractivity contribution in [3.05, 3.63) is 64.7 Å². The largest absolute Gasteiger partial charge is 0.487 e. The average molecular weight is 443 g/mol. The smallest absolute Gasteiger partial charge is 0.138 e. The fourth-order valence-electron chi connectivity index (χ4n) is 5.18. The monoisotopic (exact) mass is 442 g/mol. The number of hydrogen-bond donors (Lipinski definition) is 2.